The summed E-state index contributed by atoms with van der Waals surface area (Å²) >= 11 is 0. The molecule has 2 fully saturated rings. The van der Waals surface area contributed by atoms with Gasteiger partial charge in [0.15, 0.2) is 6.10 Å². The Kier molecular flexibility index (Phi) is 4.00. The second-order valence-electron chi connectivity index (χ2n) is 6.99. The van der Waals surface area contributed by atoms with E-state index in [-0.39, 0.29) is 23.5 Å². The minimum absolute atomic E-state index is 0.000552. The summed E-state index contributed by atoms with van der Waals surface area (Å²) in [5, 5.41) is 0. The highest BCUT2D eigenvalue weighted by molar-refractivity contribution is 5.82. The molecule has 0 aromatic heterocycles. The molecule has 0 spiro atoms. The molecule has 1 amide bonds. The first-order valence-electron chi connectivity index (χ1n) is 7.94. The van der Waals surface area contributed by atoms with E-state index in [2.05, 4.69) is 13.8 Å². The van der Waals surface area contributed by atoms with Gasteiger partial charge in [-0.3, -0.25) is 4.79 Å². The smallest absolute Gasteiger partial charge is 0.256 e. The van der Waals surface area contributed by atoms with Crippen LogP contribution in [-0.2, 0) is 14.3 Å². The number of carbonyl (C=O) groups excluding carboxylic acids is 1. The molecule has 1 aliphatic heterocycles. The van der Waals surface area contributed by atoms with Gasteiger partial charge in [-0.2, -0.15) is 0 Å². The van der Waals surface area contributed by atoms with E-state index in [9.17, 15) is 4.79 Å². The zero-order chi connectivity index (χ0) is 15.9. The second kappa shape index (κ2) is 5.67. The molecule has 22 heavy (non-hydrogen) atoms. The molecule has 1 aliphatic carbocycles. The van der Waals surface area contributed by atoms with E-state index in [0.717, 1.165) is 18.6 Å². The van der Waals surface area contributed by atoms with Crippen LogP contribution in [0, 0.1) is 11.3 Å². The van der Waals surface area contributed by atoms with E-state index < -0.39 is 6.10 Å². The lowest BCUT2D eigenvalue weighted by Gasteiger charge is -2.58. The third-order valence-corrected chi connectivity index (χ3v) is 5.37. The maximum Gasteiger partial charge on any atom is 0.256 e. The van der Waals surface area contributed by atoms with Crippen molar-refractivity contribution in [3.8, 4) is 0 Å². The van der Waals surface area contributed by atoms with Gasteiger partial charge >= 0.3 is 0 Å². The van der Waals surface area contributed by atoms with Crippen molar-refractivity contribution < 1.29 is 14.3 Å². The SMILES string of the molecule is CO[C@H](C(=O)N(C)[C@@H]1[C@H]2CCO[C@H]2C1(C)C)c1ccccc1. The number of nitrogens with zero attached hydrogens (tertiary/aromatic N) is 1. The zero-order valence-electron chi connectivity index (χ0n) is 13.8. The number of benzene rings is 1. The van der Waals surface area contributed by atoms with E-state index in [1.165, 1.54) is 0 Å². The zero-order valence-corrected chi connectivity index (χ0v) is 13.8. The molecular weight excluding hydrogens is 278 g/mol. The lowest BCUT2D eigenvalue weighted by molar-refractivity contribution is -0.174. The highest BCUT2D eigenvalue weighted by Gasteiger charge is 2.61. The van der Waals surface area contributed by atoms with Crippen LogP contribution in [0.1, 0.15) is 31.9 Å². The van der Waals surface area contributed by atoms with Gasteiger partial charge in [-0.15, -0.1) is 0 Å². The molecule has 4 heteroatoms. The van der Waals surface area contributed by atoms with Crippen LogP contribution in [0.4, 0.5) is 0 Å². The van der Waals surface area contributed by atoms with Crippen LogP contribution >= 0.6 is 0 Å². The first-order chi connectivity index (χ1) is 10.5. The van der Waals surface area contributed by atoms with Crippen molar-refractivity contribution in [3.63, 3.8) is 0 Å². The normalized spacial score (nSPS) is 30.3. The molecule has 0 radical (unpaired) electrons. The Hall–Kier alpha value is -1.39. The van der Waals surface area contributed by atoms with Crippen molar-refractivity contribution in [2.45, 2.75) is 38.5 Å². The molecule has 4 nitrogen and oxygen atoms in total. The quantitative estimate of drug-likeness (QED) is 0.858. The molecule has 120 valence electrons. The lowest BCUT2D eigenvalue weighted by atomic mass is 9.56. The van der Waals surface area contributed by atoms with Crippen molar-refractivity contribution in [3.05, 3.63) is 35.9 Å². The summed E-state index contributed by atoms with van der Waals surface area (Å²) in [6, 6.07) is 9.90. The van der Waals surface area contributed by atoms with Gasteiger partial charge in [0.05, 0.1) is 6.10 Å². The third kappa shape index (κ3) is 2.25. The topological polar surface area (TPSA) is 38.8 Å². The van der Waals surface area contributed by atoms with E-state index in [1.54, 1.807) is 7.11 Å². The standard InChI is InChI=1S/C18H25NO3/c1-18(2)15(13-10-11-22-16(13)18)19(3)17(20)14(21-4)12-8-6-5-7-9-12/h5-9,13-16H,10-11H2,1-4H3/t13-,14+,15-,16-/m1/s1. The Balaban J connectivity index is 1.79. The Morgan fingerprint density at radius 1 is 1.36 bits per heavy atom. The Morgan fingerprint density at radius 2 is 2.05 bits per heavy atom. The van der Waals surface area contributed by atoms with Crippen LogP contribution in [0.3, 0.4) is 0 Å². The summed E-state index contributed by atoms with van der Waals surface area (Å²) < 4.78 is 11.3. The van der Waals surface area contributed by atoms with Crippen molar-refractivity contribution in [1.82, 2.24) is 4.90 Å². The van der Waals surface area contributed by atoms with Crippen LogP contribution in [0.25, 0.3) is 0 Å². The first kappa shape index (κ1) is 15.5. The number of methoxy groups -OCH3 is 1. The average Bonchev–Trinajstić information content (AvgIpc) is 2.95. The third-order valence-electron chi connectivity index (χ3n) is 5.37. The number of fused-ring (bicyclic) bond motifs is 1. The molecule has 1 saturated heterocycles. The Morgan fingerprint density at radius 3 is 2.68 bits per heavy atom. The minimum atomic E-state index is -0.539. The number of likely N-dealkylation sites (N-methyl/N-ethyl adjacent to an activating group) is 1. The Labute approximate surface area is 132 Å². The molecule has 0 unspecified atom stereocenters. The molecule has 1 heterocycles. The van der Waals surface area contributed by atoms with Crippen molar-refractivity contribution in [2.24, 2.45) is 11.3 Å². The van der Waals surface area contributed by atoms with Crippen LogP contribution in [0.5, 0.6) is 0 Å². The second-order valence-corrected chi connectivity index (χ2v) is 6.99. The fourth-order valence-electron chi connectivity index (χ4n) is 4.41. The van der Waals surface area contributed by atoms with E-state index in [4.69, 9.17) is 9.47 Å². The number of carbonyl (C=O) groups is 1. The maximum absolute atomic E-state index is 12.9. The molecule has 2 aliphatic rings. The molecule has 3 rings (SSSR count). The van der Waals surface area contributed by atoms with Gasteiger partial charge in [-0.25, -0.2) is 0 Å². The van der Waals surface area contributed by atoms with Crippen LogP contribution in [-0.4, -0.2) is 43.7 Å². The molecule has 0 N–H and O–H groups in total. The summed E-state index contributed by atoms with van der Waals surface area (Å²) in [4.78, 5) is 14.8. The fraction of sp³-hybridized carbons (Fsp3) is 0.611. The number of ether oxygens (including phenoxy) is 2. The predicted molar refractivity (Wildman–Crippen MR) is 84.4 cm³/mol. The molecule has 0 bridgehead atoms. The highest BCUT2D eigenvalue weighted by Crippen LogP contribution is 2.54. The number of hydrogen-bond donors (Lipinski definition) is 0. The van der Waals surface area contributed by atoms with Gasteiger partial charge in [-0.1, -0.05) is 44.2 Å². The summed E-state index contributed by atoms with van der Waals surface area (Å²) in [6.45, 7) is 5.19. The van der Waals surface area contributed by atoms with Gasteiger partial charge in [0.1, 0.15) is 0 Å². The first-order valence-corrected chi connectivity index (χ1v) is 7.94. The molecule has 1 aromatic rings. The van der Waals surface area contributed by atoms with Gasteiger partial charge in [-0.05, 0) is 12.0 Å². The van der Waals surface area contributed by atoms with Gasteiger partial charge < -0.3 is 14.4 Å². The van der Waals surface area contributed by atoms with Crippen LogP contribution < -0.4 is 0 Å². The van der Waals surface area contributed by atoms with Crippen molar-refractivity contribution >= 4 is 5.91 Å². The minimum Gasteiger partial charge on any atom is -0.377 e. The van der Waals surface area contributed by atoms with Crippen molar-refractivity contribution in [1.29, 1.82) is 0 Å². The maximum atomic E-state index is 12.9. The fourth-order valence-corrected chi connectivity index (χ4v) is 4.41. The highest BCUT2D eigenvalue weighted by atomic mass is 16.5. The van der Waals surface area contributed by atoms with E-state index in [1.807, 2.05) is 42.3 Å². The predicted octanol–water partition coefficient (Wildman–Crippen LogP) is 2.65. The average molecular weight is 303 g/mol. The van der Waals surface area contributed by atoms with Gasteiger partial charge in [0, 0.05) is 38.1 Å². The van der Waals surface area contributed by atoms with E-state index >= 15 is 0 Å². The lowest BCUT2D eigenvalue weighted by Crippen LogP contribution is -2.67. The van der Waals surface area contributed by atoms with Gasteiger partial charge in [0.25, 0.3) is 5.91 Å². The Bertz CT molecular complexity index is 543. The number of amides is 1. The summed E-state index contributed by atoms with van der Waals surface area (Å²) in [7, 11) is 3.50. The van der Waals surface area contributed by atoms with Crippen LogP contribution in [0.15, 0.2) is 30.3 Å². The monoisotopic (exact) mass is 303 g/mol. The molecule has 1 aromatic carbocycles. The van der Waals surface area contributed by atoms with Gasteiger partial charge in [0.2, 0.25) is 0 Å². The summed E-state index contributed by atoms with van der Waals surface area (Å²) in [6.07, 6.45) is 0.785. The molecular formula is C18H25NO3. The summed E-state index contributed by atoms with van der Waals surface area (Å²) in [5.74, 6) is 0.481. The number of rotatable bonds is 4. The number of hydrogen-bond acceptors (Lipinski definition) is 3. The summed E-state index contributed by atoms with van der Waals surface area (Å²) in [5.41, 5.74) is 0.902. The van der Waals surface area contributed by atoms with Crippen LogP contribution in [0.2, 0.25) is 0 Å². The molecule has 4 atom stereocenters. The largest absolute Gasteiger partial charge is 0.377 e. The van der Waals surface area contributed by atoms with Crippen molar-refractivity contribution in [2.75, 3.05) is 20.8 Å². The molecule has 1 saturated carbocycles. The van der Waals surface area contributed by atoms with E-state index in [0.29, 0.717) is 5.92 Å².